The van der Waals surface area contributed by atoms with Gasteiger partial charge in [-0.05, 0) is 12.2 Å². The van der Waals surface area contributed by atoms with Gasteiger partial charge >= 0.3 is 6.04 Å². The fourth-order valence-corrected chi connectivity index (χ4v) is 0.304. The highest BCUT2D eigenvalue weighted by Crippen LogP contribution is 1.98. The average molecular weight is 151 g/mol. The Morgan fingerprint density at radius 1 is 1.45 bits per heavy atom. The zero-order valence-electron chi connectivity index (χ0n) is 5.80. The summed E-state index contributed by atoms with van der Waals surface area (Å²) in [7, 11) is 0. The predicted molar refractivity (Wildman–Crippen MR) is 39.1 cm³/mol. The first-order valence-electron chi connectivity index (χ1n) is 2.73. The van der Waals surface area contributed by atoms with Crippen molar-refractivity contribution in [2.75, 3.05) is 0 Å². The summed E-state index contributed by atoms with van der Waals surface area (Å²) in [6.07, 6.45) is 2.33. The highest BCUT2D eigenvalue weighted by Gasteiger charge is 1.98. The van der Waals surface area contributed by atoms with E-state index in [1.807, 2.05) is 0 Å². The molecule has 0 spiro atoms. The number of carbonyl (C=O) groups is 1. The molecule has 3 heteroatoms. The summed E-state index contributed by atoms with van der Waals surface area (Å²) in [6.45, 7) is 6.38. The molecule has 0 rings (SSSR count). The second-order valence-corrected chi connectivity index (χ2v) is 1.77. The van der Waals surface area contributed by atoms with Gasteiger partial charge < -0.3 is 0 Å². The largest absolute Gasteiger partial charge is 0.331 e. The van der Waals surface area contributed by atoms with Crippen LogP contribution in [-0.4, -0.2) is 6.04 Å². The van der Waals surface area contributed by atoms with Crippen LogP contribution in [0.25, 0.3) is 0 Å². The van der Waals surface area contributed by atoms with Gasteiger partial charge in [0.1, 0.15) is 0 Å². The Balaban J connectivity index is 4.18. The van der Waals surface area contributed by atoms with Crippen molar-refractivity contribution in [3.8, 4) is 6.07 Å². The Kier molecular flexibility index (Phi) is 3.54. The number of nitrogens with zero attached hydrogens (tertiary/aromatic N) is 1. The molecule has 0 radical (unpaired) electrons. The first-order valence-corrected chi connectivity index (χ1v) is 2.73. The van der Waals surface area contributed by atoms with E-state index >= 15 is 0 Å². The molecule has 0 fully saturated rings. The molecule has 0 heterocycles. The first-order chi connectivity index (χ1) is 5.07. The molecule has 0 aromatic heterocycles. The van der Waals surface area contributed by atoms with Gasteiger partial charge in [-0.1, -0.05) is 13.2 Å². The topological polar surface area (TPSA) is 40.9 Å². The molecular weight excluding hydrogens is 145 g/mol. The first kappa shape index (κ1) is 9.31. The normalized spacial score (nSPS) is 9.09. The van der Waals surface area contributed by atoms with Gasteiger partial charge in [-0.15, -0.1) is 0 Å². The third-order valence-electron chi connectivity index (χ3n) is 0.882. The maximum absolute atomic E-state index is 11.7. The van der Waals surface area contributed by atoms with Gasteiger partial charge in [-0.2, -0.15) is 9.65 Å². The van der Waals surface area contributed by atoms with E-state index in [0.717, 1.165) is 6.08 Å². The van der Waals surface area contributed by atoms with Crippen molar-refractivity contribution in [3.05, 3.63) is 36.5 Å². The van der Waals surface area contributed by atoms with Crippen LogP contribution in [0.15, 0.2) is 36.5 Å². The van der Waals surface area contributed by atoms with E-state index in [4.69, 9.17) is 5.26 Å². The molecule has 0 aromatic carbocycles. The summed E-state index contributed by atoms with van der Waals surface area (Å²) in [4.78, 5) is 9.91. The lowest BCUT2D eigenvalue weighted by Crippen LogP contribution is -1.87. The number of nitriles is 1. The fourth-order valence-electron chi connectivity index (χ4n) is 0.304. The van der Waals surface area contributed by atoms with Crippen molar-refractivity contribution in [3.63, 3.8) is 0 Å². The number of hydrogen-bond donors (Lipinski definition) is 0. The Morgan fingerprint density at radius 2 is 2.00 bits per heavy atom. The van der Waals surface area contributed by atoms with Crippen LogP contribution in [0.3, 0.4) is 0 Å². The molecule has 0 saturated heterocycles. The molecule has 0 unspecified atom stereocenters. The number of carbonyl (C=O) groups excluding carboxylic acids is 1. The Bertz CT molecular complexity index is 270. The number of halogens is 1. The summed E-state index contributed by atoms with van der Waals surface area (Å²) in [5, 5.41) is 8.18. The highest BCUT2D eigenvalue weighted by molar-refractivity contribution is 5.89. The molecule has 0 atom stereocenters. The summed E-state index contributed by atoms with van der Waals surface area (Å²) >= 11 is 0. The SMILES string of the molecule is C=C(C#N)/C=C\C(=C)C(=O)F. The minimum atomic E-state index is -1.60. The minimum Gasteiger partial charge on any atom is -0.255 e. The van der Waals surface area contributed by atoms with Gasteiger partial charge in [0.15, 0.2) is 0 Å². The van der Waals surface area contributed by atoms with E-state index in [0.29, 0.717) is 0 Å². The summed E-state index contributed by atoms with van der Waals surface area (Å²) in [5.41, 5.74) is -0.145. The van der Waals surface area contributed by atoms with Crippen molar-refractivity contribution >= 4 is 6.04 Å². The van der Waals surface area contributed by atoms with Crippen LogP contribution >= 0.6 is 0 Å². The molecule has 56 valence electrons. The zero-order chi connectivity index (χ0) is 8.85. The Hall–Kier alpha value is -1.69. The fraction of sp³-hybridized carbons (Fsp3) is 0. The van der Waals surface area contributed by atoms with Crippen LogP contribution in [0.4, 0.5) is 4.39 Å². The summed E-state index contributed by atoms with van der Waals surface area (Å²) in [5.74, 6) is 0. The van der Waals surface area contributed by atoms with Crippen LogP contribution in [0.5, 0.6) is 0 Å². The molecule has 11 heavy (non-hydrogen) atoms. The third-order valence-corrected chi connectivity index (χ3v) is 0.882. The standard InChI is InChI=1S/C8H6FNO/c1-6(5-10)3-4-7(2)8(9)11/h3-4H,1-2H2/b4-3-. The lowest BCUT2D eigenvalue weighted by atomic mass is 10.2. The average Bonchev–Trinajstić information content (AvgIpc) is 1.99. The molecule has 0 aliphatic heterocycles. The van der Waals surface area contributed by atoms with Crippen LogP contribution in [-0.2, 0) is 4.79 Å². The molecule has 0 amide bonds. The third kappa shape index (κ3) is 3.82. The molecular formula is C8H6FNO. The van der Waals surface area contributed by atoms with Gasteiger partial charge in [0, 0.05) is 11.1 Å². The smallest absolute Gasteiger partial charge is 0.255 e. The summed E-state index contributed by atoms with van der Waals surface area (Å²) < 4.78 is 11.7. The van der Waals surface area contributed by atoms with E-state index in [-0.39, 0.29) is 11.1 Å². The van der Waals surface area contributed by atoms with E-state index in [1.54, 1.807) is 6.07 Å². The van der Waals surface area contributed by atoms with Gasteiger partial charge in [-0.3, -0.25) is 4.79 Å². The molecule has 0 N–H and O–H groups in total. The number of allylic oxidation sites excluding steroid dienone is 4. The highest BCUT2D eigenvalue weighted by atomic mass is 19.1. The van der Waals surface area contributed by atoms with Gasteiger partial charge in [-0.25, -0.2) is 0 Å². The van der Waals surface area contributed by atoms with Gasteiger partial charge in [0.05, 0.1) is 6.07 Å². The lowest BCUT2D eigenvalue weighted by molar-refractivity contribution is -0.124. The minimum absolute atomic E-state index is 0.146. The lowest BCUT2D eigenvalue weighted by Gasteiger charge is -1.85. The van der Waals surface area contributed by atoms with Crippen LogP contribution < -0.4 is 0 Å². The van der Waals surface area contributed by atoms with Gasteiger partial charge in [0.2, 0.25) is 0 Å². The van der Waals surface area contributed by atoms with Crippen LogP contribution in [0, 0.1) is 11.3 Å². The molecule has 0 aliphatic carbocycles. The van der Waals surface area contributed by atoms with Crippen molar-refractivity contribution in [1.82, 2.24) is 0 Å². The predicted octanol–water partition coefficient (Wildman–Crippen LogP) is 1.67. The number of rotatable bonds is 3. The maximum Gasteiger partial charge on any atom is 0.331 e. The van der Waals surface area contributed by atoms with E-state index in [2.05, 4.69) is 13.2 Å². The monoisotopic (exact) mass is 151 g/mol. The zero-order valence-corrected chi connectivity index (χ0v) is 5.80. The molecule has 0 aromatic rings. The van der Waals surface area contributed by atoms with E-state index < -0.39 is 6.04 Å². The van der Waals surface area contributed by atoms with Crippen LogP contribution in [0.1, 0.15) is 0 Å². The molecule has 0 saturated carbocycles. The molecule has 0 aliphatic rings. The number of hydrogen-bond acceptors (Lipinski definition) is 2. The molecule has 0 bridgehead atoms. The second kappa shape index (κ2) is 4.18. The van der Waals surface area contributed by atoms with Crippen molar-refractivity contribution < 1.29 is 9.18 Å². The maximum atomic E-state index is 11.7. The molecule has 2 nitrogen and oxygen atoms in total. The van der Waals surface area contributed by atoms with E-state index in [1.165, 1.54) is 6.08 Å². The quantitative estimate of drug-likeness (QED) is 0.266. The van der Waals surface area contributed by atoms with Crippen molar-refractivity contribution in [2.24, 2.45) is 0 Å². The second-order valence-electron chi connectivity index (χ2n) is 1.77. The van der Waals surface area contributed by atoms with Crippen LogP contribution in [0.2, 0.25) is 0 Å². The summed E-state index contributed by atoms with van der Waals surface area (Å²) in [6, 6.07) is 0.0985. The van der Waals surface area contributed by atoms with Gasteiger partial charge in [0.25, 0.3) is 0 Å². The Morgan fingerprint density at radius 3 is 2.36 bits per heavy atom. The van der Waals surface area contributed by atoms with Crippen molar-refractivity contribution in [2.45, 2.75) is 0 Å². The van der Waals surface area contributed by atoms with E-state index in [9.17, 15) is 9.18 Å². The Labute approximate surface area is 63.9 Å². The van der Waals surface area contributed by atoms with Crippen molar-refractivity contribution in [1.29, 1.82) is 5.26 Å².